The number of hydrogen-bond acceptors (Lipinski definition) is 2. The van der Waals surface area contributed by atoms with Gasteiger partial charge in [0.1, 0.15) is 12.4 Å². The fourth-order valence-corrected chi connectivity index (χ4v) is 2.56. The van der Waals surface area contributed by atoms with Crippen molar-refractivity contribution in [3.63, 3.8) is 0 Å². The molecule has 1 N–H and O–H groups in total. The smallest absolute Gasteiger partial charge is 0.224 e. The number of hydrogen-bond donors (Lipinski definition) is 1. The SMILES string of the molecule is C=Cc1ccc(OCc2ccccc2)c(CC(=O)NCC2CC2)c1. The molecule has 124 valence electrons. The van der Waals surface area contributed by atoms with Gasteiger partial charge in [0.2, 0.25) is 5.91 Å². The molecule has 0 aliphatic heterocycles. The molecule has 3 rings (SSSR count). The molecule has 1 aliphatic rings. The molecule has 24 heavy (non-hydrogen) atoms. The van der Waals surface area contributed by atoms with Crippen LogP contribution in [0.5, 0.6) is 5.75 Å². The summed E-state index contributed by atoms with van der Waals surface area (Å²) in [5.41, 5.74) is 3.00. The van der Waals surface area contributed by atoms with E-state index >= 15 is 0 Å². The zero-order valence-electron chi connectivity index (χ0n) is 13.8. The molecule has 0 aromatic heterocycles. The Morgan fingerprint density at radius 2 is 2.00 bits per heavy atom. The van der Waals surface area contributed by atoms with E-state index in [0.29, 0.717) is 18.9 Å². The molecular weight excluding hydrogens is 298 g/mol. The summed E-state index contributed by atoms with van der Waals surface area (Å²) in [5, 5.41) is 3.01. The van der Waals surface area contributed by atoms with Crippen LogP contribution in [0.25, 0.3) is 6.08 Å². The van der Waals surface area contributed by atoms with Gasteiger partial charge in [0.05, 0.1) is 6.42 Å². The number of rotatable bonds is 8. The van der Waals surface area contributed by atoms with E-state index in [-0.39, 0.29) is 5.91 Å². The van der Waals surface area contributed by atoms with Gasteiger partial charge in [0.15, 0.2) is 0 Å². The van der Waals surface area contributed by atoms with E-state index in [0.717, 1.165) is 29.0 Å². The average Bonchev–Trinajstić information content (AvgIpc) is 3.44. The van der Waals surface area contributed by atoms with Crippen molar-refractivity contribution in [2.24, 2.45) is 5.92 Å². The summed E-state index contributed by atoms with van der Waals surface area (Å²) in [6, 6.07) is 15.9. The van der Waals surface area contributed by atoms with E-state index in [9.17, 15) is 4.79 Å². The molecule has 1 aliphatic carbocycles. The normalized spacial score (nSPS) is 13.3. The van der Waals surface area contributed by atoms with Crippen LogP contribution in [-0.2, 0) is 17.8 Å². The molecule has 0 unspecified atom stereocenters. The average molecular weight is 321 g/mol. The minimum atomic E-state index is 0.0488. The lowest BCUT2D eigenvalue weighted by Gasteiger charge is -2.13. The third kappa shape index (κ3) is 4.72. The van der Waals surface area contributed by atoms with Crippen LogP contribution in [0.15, 0.2) is 55.1 Å². The van der Waals surface area contributed by atoms with Crippen LogP contribution in [0.4, 0.5) is 0 Å². The fraction of sp³-hybridized carbons (Fsp3) is 0.286. The quantitative estimate of drug-likeness (QED) is 0.799. The second-order valence-corrected chi connectivity index (χ2v) is 6.27. The topological polar surface area (TPSA) is 38.3 Å². The van der Waals surface area contributed by atoms with Crippen molar-refractivity contribution in [1.82, 2.24) is 5.32 Å². The van der Waals surface area contributed by atoms with Crippen molar-refractivity contribution < 1.29 is 9.53 Å². The summed E-state index contributed by atoms with van der Waals surface area (Å²) in [7, 11) is 0. The van der Waals surface area contributed by atoms with Gasteiger partial charge in [-0.05, 0) is 42.0 Å². The van der Waals surface area contributed by atoms with Gasteiger partial charge >= 0.3 is 0 Å². The summed E-state index contributed by atoms with van der Waals surface area (Å²) in [5.74, 6) is 1.49. The lowest BCUT2D eigenvalue weighted by Crippen LogP contribution is -2.27. The van der Waals surface area contributed by atoms with E-state index in [4.69, 9.17) is 4.74 Å². The maximum atomic E-state index is 12.2. The van der Waals surface area contributed by atoms with E-state index < -0.39 is 0 Å². The number of benzene rings is 2. The molecule has 3 nitrogen and oxygen atoms in total. The molecule has 1 saturated carbocycles. The number of carbonyl (C=O) groups excluding carboxylic acids is 1. The van der Waals surface area contributed by atoms with Gasteiger partial charge in [-0.3, -0.25) is 4.79 Å². The second-order valence-electron chi connectivity index (χ2n) is 6.27. The fourth-order valence-electron chi connectivity index (χ4n) is 2.56. The summed E-state index contributed by atoms with van der Waals surface area (Å²) in [6.07, 6.45) is 4.58. The molecule has 2 aromatic carbocycles. The molecule has 0 bridgehead atoms. The predicted octanol–water partition coefficient (Wildman–Crippen LogP) is 3.98. The molecule has 0 heterocycles. The molecule has 0 radical (unpaired) electrons. The number of nitrogens with one attached hydrogen (secondary N) is 1. The minimum Gasteiger partial charge on any atom is -0.489 e. The molecule has 0 spiro atoms. The third-order valence-electron chi connectivity index (χ3n) is 4.19. The maximum absolute atomic E-state index is 12.2. The lowest BCUT2D eigenvalue weighted by molar-refractivity contribution is -0.120. The molecule has 2 aromatic rings. The first-order valence-electron chi connectivity index (χ1n) is 8.43. The zero-order chi connectivity index (χ0) is 16.8. The molecule has 0 saturated heterocycles. The van der Waals surface area contributed by atoms with E-state index in [1.54, 1.807) is 6.08 Å². The van der Waals surface area contributed by atoms with Crippen molar-refractivity contribution >= 4 is 12.0 Å². The Kier molecular flexibility index (Phi) is 5.32. The highest BCUT2D eigenvalue weighted by Gasteiger charge is 2.21. The van der Waals surface area contributed by atoms with Crippen LogP contribution in [0.1, 0.15) is 29.5 Å². The van der Waals surface area contributed by atoms with E-state index in [1.807, 2.05) is 48.5 Å². The standard InChI is InChI=1S/C21H23NO2/c1-2-16-10-11-20(24-15-18-6-4-3-5-7-18)19(12-16)13-21(23)22-14-17-8-9-17/h2-7,10-12,17H,1,8-9,13-15H2,(H,22,23). The first-order chi connectivity index (χ1) is 11.7. The summed E-state index contributed by atoms with van der Waals surface area (Å²) in [4.78, 5) is 12.2. The first kappa shape index (κ1) is 16.3. The maximum Gasteiger partial charge on any atom is 0.224 e. The minimum absolute atomic E-state index is 0.0488. The van der Waals surface area contributed by atoms with Crippen LogP contribution in [0.2, 0.25) is 0 Å². The largest absolute Gasteiger partial charge is 0.489 e. The Hall–Kier alpha value is -2.55. The Bertz CT molecular complexity index is 705. The van der Waals surface area contributed by atoms with Crippen molar-refractivity contribution in [3.8, 4) is 5.75 Å². The Morgan fingerprint density at radius 3 is 2.71 bits per heavy atom. The van der Waals surface area contributed by atoms with Crippen LogP contribution >= 0.6 is 0 Å². The van der Waals surface area contributed by atoms with Gasteiger partial charge in [-0.1, -0.05) is 49.1 Å². The third-order valence-corrected chi connectivity index (χ3v) is 4.19. The highest BCUT2D eigenvalue weighted by Crippen LogP contribution is 2.28. The van der Waals surface area contributed by atoms with Crippen molar-refractivity contribution in [1.29, 1.82) is 0 Å². The van der Waals surface area contributed by atoms with Gasteiger partial charge in [0.25, 0.3) is 0 Å². The van der Waals surface area contributed by atoms with Crippen molar-refractivity contribution in [3.05, 3.63) is 71.8 Å². The molecule has 1 amide bonds. The molecule has 1 fully saturated rings. The molecule has 3 heteroatoms. The van der Waals surface area contributed by atoms with Crippen LogP contribution < -0.4 is 10.1 Å². The van der Waals surface area contributed by atoms with Crippen LogP contribution in [0, 0.1) is 5.92 Å². The highest BCUT2D eigenvalue weighted by atomic mass is 16.5. The van der Waals surface area contributed by atoms with Gasteiger partial charge in [-0.15, -0.1) is 0 Å². The predicted molar refractivity (Wildman–Crippen MR) is 96.7 cm³/mol. The van der Waals surface area contributed by atoms with Gasteiger partial charge < -0.3 is 10.1 Å². The number of carbonyl (C=O) groups is 1. The Balaban J connectivity index is 1.67. The molecule has 0 atom stereocenters. The lowest BCUT2D eigenvalue weighted by atomic mass is 10.1. The van der Waals surface area contributed by atoms with Crippen LogP contribution in [-0.4, -0.2) is 12.5 Å². The zero-order valence-corrected chi connectivity index (χ0v) is 13.8. The Labute approximate surface area is 143 Å². The van der Waals surface area contributed by atoms with Crippen molar-refractivity contribution in [2.75, 3.05) is 6.54 Å². The van der Waals surface area contributed by atoms with E-state index in [1.165, 1.54) is 12.8 Å². The van der Waals surface area contributed by atoms with E-state index in [2.05, 4.69) is 11.9 Å². The summed E-state index contributed by atoms with van der Waals surface area (Å²) in [6.45, 7) is 5.08. The summed E-state index contributed by atoms with van der Waals surface area (Å²) < 4.78 is 5.95. The number of ether oxygens (including phenoxy) is 1. The number of amides is 1. The Morgan fingerprint density at radius 1 is 1.21 bits per heavy atom. The summed E-state index contributed by atoms with van der Waals surface area (Å²) >= 11 is 0. The molecular formula is C21H23NO2. The highest BCUT2D eigenvalue weighted by molar-refractivity contribution is 5.79. The van der Waals surface area contributed by atoms with Crippen molar-refractivity contribution in [2.45, 2.75) is 25.9 Å². The van der Waals surface area contributed by atoms with Gasteiger partial charge in [-0.2, -0.15) is 0 Å². The van der Waals surface area contributed by atoms with Gasteiger partial charge in [0, 0.05) is 12.1 Å². The monoisotopic (exact) mass is 321 g/mol. The van der Waals surface area contributed by atoms with Crippen LogP contribution in [0.3, 0.4) is 0 Å². The second kappa shape index (κ2) is 7.82. The first-order valence-corrected chi connectivity index (χ1v) is 8.43. The van der Waals surface area contributed by atoms with Gasteiger partial charge in [-0.25, -0.2) is 0 Å².